The van der Waals surface area contributed by atoms with Crippen molar-refractivity contribution in [2.24, 2.45) is 0 Å². The van der Waals surface area contributed by atoms with Crippen molar-refractivity contribution in [3.63, 3.8) is 0 Å². The topological polar surface area (TPSA) is 26.3 Å². The van der Waals surface area contributed by atoms with Crippen LogP contribution >= 0.6 is 15.9 Å². The number of rotatable bonds is 7. The normalized spacial score (nSPS) is 10.8. The van der Waals surface area contributed by atoms with Crippen molar-refractivity contribution in [3.8, 4) is 0 Å². The molecule has 0 saturated carbocycles. The van der Waals surface area contributed by atoms with Gasteiger partial charge < -0.3 is 4.74 Å². The Kier molecular flexibility index (Phi) is 6.29. The molecule has 0 spiro atoms. The molecule has 2 nitrogen and oxygen atoms in total. The predicted octanol–water partition coefficient (Wildman–Crippen LogP) is 3.69. The van der Waals surface area contributed by atoms with E-state index in [4.69, 9.17) is 4.74 Å². The lowest BCUT2D eigenvalue weighted by atomic mass is 10.1. The van der Waals surface area contributed by atoms with Crippen LogP contribution in [-0.2, 0) is 4.74 Å². The Morgan fingerprint density at radius 2 is 1.94 bits per heavy atom. The van der Waals surface area contributed by atoms with Gasteiger partial charge in [0.15, 0.2) is 5.78 Å². The van der Waals surface area contributed by atoms with E-state index in [2.05, 4.69) is 15.9 Å². The van der Waals surface area contributed by atoms with Crippen LogP contribution in [0.1, 0.15) is 23.2 Å². The Morgan fingerprint density at radius 1 is 1.29 bits per heavy atom. The molecular weight excluding hydrogens is 294 g/mol. The van der Waals surface area contributed by atoms with Crippen LogP contribution in [0.2, 0.25) is 0 Å². The fourth-order valence-corrected chi connectivity index (χ4v) is 1.55. The zero-order valence-electron chi connectivity index (χ0n) is 9.17. The lowest BCUT2D eigenvalue weighted by Gasteiger charge is -2.03. The lowest BCUT2D eigenvalue weighted by Crippen LogP contribution is -2.07. The van der Waals surface area contributed by atoms with Gasteiger partial charge in [-0.15, -0.1) is 0 Å². The van der Waals surface area contributed by atoms with E-state index in [9.17, 15) is 13.6 Å². The van der Waals surface area contributed by atoms with Crippen LogP contribution in [0.3, 0.4) is 0 Å². The molecule has 5 heteroatoms. The van der Waals surface area contributed by atoms with Crippen molar-refractivity contribution in [2.45, 2.75) is 19.3 Å². The molecule has 1 aromatic rings. The van der Waals surface area contributed by atoms with Crippen molar-refractivity contribution in [1.82, 2.24) is 0 Å². The molecule has 0 radical (unpaired) electrons. The molecule has 0 fully saturated rings. The van der Waals surface area contributed by atoms with Crippen LogP contribution in [0.25, 0.3) is 0 Å². The van der Waals surface area contributed by atoms with Gasteiger partial charge in [-0.05, 0) is 18.6 Å². The van der Waals surface area contributed by atoms with Gasteiger partial charge in [-0.1, -0.05) is 28.1 Å². The smallest absolute Gasteiger partial charge is 0.261 e. The zero-order valence-corrected chi connectivity index (χ0v) is 10.8. The number of Topliss-reactive ketones (excluding diaryl/α,β-unsaturated/α-hetero) is 1. The average Bonchev–Trinajstić information content (AvgIpc) is 2.29. The predicted molar refractivity (Wildman–Crippen MR) is 64.5 cm³/mol. The highest BCUT2D eigenvalue weighted by Crippen LogP contribution is 2.12. The number of hydrogen-bond acceptors (Lipinski definition) is 2. The fourth-order valence-electron chi connectivity index (χ4n) is 1.29. The Hall–Kier alpha value is -0.810. The van der Waals surface area contributed by atoms with Gasteiger partial charge in [0.05, 0.1) is 0 Å². The summed E-state index contributed by atoms with van der Waals surface area (Å²) in [6.07, 6.45) is -1.68. The highest BCUT2D eigenvalue weighted by Gasteiger charge is 2.06. The van der Waals surface area contributed by atoms with E-state index in [-0.39, 0.29) is 12.4 Å². The summed E-state index contributed by atoms with van der Waals surface area (Å²) in [6.45, 7) is -0.376. The number of ketones is 1. The average molecular weight is 307 g/mol. The highest BCUT2D eigenvalue weighted by atomic mass is 79.9. The molecule has 0 aromatic heterocycles. The van der Waals surface area contributed by atoms with Crippen molar-refractivity contribution >= 4 is 21.7 Å². The summed E-state index contributed by atoms with van der Waals surface area (Å²) >= 11 is 3.28. The van der Waals surface area contributed by atoms with E-state index in [0.717, 1.165) is 4.47 Å². The molecular formula is C12H13BrF2O2. The summed E-state index contributed by atoms with van der Waals surface area (Å²) in [6, 6.07) is 7.04. The zero-order chi connectivity index (χ0) is 12.7. The second kappa shape index (κ2) is 7.50. The van der Waals surface area contributed by atoms with Gasteiger partial charge >= 0.3 is 0 Å². The van der Waals surface area contributed by atoms with Crippen LogP contribution in [-0.4, -0.2) is 25.4 Å². The quantitative estimate of drug-likeness (QED) is 0.567. The number of carbonyl (C=O) groups is 1. The minimum absolute atomic E-state index is 0.00172. The third-order valence-corrected chi connectivity index (χ3v) is 2.63. The van der Waals surface area contributed by atoms with Crippen LogP contribution in [0.5, 0.6) is 0 Å². The standard InChI is InChI=1S/C12H13BrF2O2/c13-10-5-3-9(4-6-10)11(16)2-1-7-17-8-12(14)15/h3-6,12H,1-2,7-8H2. The van der Waals surface area contributed by atoms with Crippen LogP contribution < -0.4 is 0 Å². The van der Waals surface area contributed by atoms with E-state index in [1.807, 2.05) is 0 Å². The molecule has 0 bridgehead atoms. The molecule has 0 saturated heterocycles. The van der Waals surface area contributed by atoms with Crippen molar-refractivity contribution in [3.05, 3.63) is 34.3 Å². The summed E-state index contributed by atoms with van der Waals surface area (Å²) < 4.78 is 29.1. The third kappa shape index (κ3) is 5.89. The van der Waals surface area contributed by atoms with Crippen molar-refractivity contribution in [1.29, 1.82) is 0 Å². The summed E-state index contributed by atoms with van der Waals surface area (Å²) in [4.78, 5) is 11.6. The highest BCUT2D eigenvalue weighted by molar-refractivity contribution is 9.10. The van der Waals surface area contributed by atoms with E-state index in [1.165, 1.54) is 0 Å². The Balaban J connectivity index is 2.23. The molecule has 0 heterocycles. The van der Waals surface area contributed by atoms with Crippen molar-refractivity contribution < 1.29 is 18.3 Å². The molecule has 0 aliphatic rings. The first-order valence-electron chi connectivity index (χ1n) is 5.24. The first-order chi connectivity index (χ1) is 8.09. The summed E-state index contributed by atoms with van der Waals surface area (Å²) in [5.41, 5.74) is 0.627. The molecule has 1 aromatic carbocycles. The van der Waals surface area contributed by atoms with Crippen LogP contribution in [0, 0.1) is 0 Å². The van der Waals surface area contributed by atoms with Gasteiger partial charge in [0, 0.05) is 23.1 Å². The number of carbonyl (C=O) groups excluding carboxylic acids is 1. The molecule has 0 amide bonds. The van der Waals surface area contributed by atoms with Gasteiger partial charge in [-0.3, -0.25) is 4.79 Å². The number of hydrogen-bond donors (Lipinski definition) is 0. The van der Waals surface area contributed by atoms with Crippen LogP contribution in [0.4, 0.5) is 8.78 Å². The van der Waals surface area contributed by atoms with E-state index in [0.29, 0.717) is 18.4 Å². The van der Waals surface area contributed by atoms with Crippen LogP contribution in [0.15, 0.2) is 28.7 Å². The minimum atomic E-state index is -2.45. The third-order valence-electron chi connectivity index (χ3n) is 2.10. The van der Waals surface area contributed by atoms with Crippen molar-refractivity contribution in [2.75, 3.05) is 13.2 Å². The molecule has 0 atom stereocenters. The van der Waals surface area contributed by atoms with E-state index < -0.39 is 13.0 Å². The van der Waals surface area contributed by atoms with Gasteiger partial charge in [0.1, 0.15) is 6.61 Å². The maximum Gasteiger partial charge on any atom is 0.261 e. The monoisotopic (exact) mass is 306 g/mol. The molecule has 17 heavy (non-hydrogen) atoms. The molecule has 0 aliphatic heterocycles. The molecule has 0 aliphatic carbocycles. The fraction of sp³-hybridized carbons (Fsp3) is 0.417. The minimum Gasteiger partial charge on any atom is -0.376 e. The van der Waals surface area contributed by atoms with E-state index >= 15 is 0 Å². The second-order valence-electron chi connectivity index (χ2n) is 3.50. The first-order valence-corrected chi connectivity index (χ1v) is 6.03. The number of alkyl halides is 2. The van der Waals surface area contributed by atoms with Gasteiger partial charge in [0.2, 0.25) is 0 Å². The Morgan fingerprint density at radius 3 is 2.53 bits per heavy atom. The molecule has 0 N–H and O–H groups in total. The SMILES string of the molecule is O=C(CCCOCC(F)F)c1ccc(Br)cc1. The Bertz CT molecular complexity index is 352. The van der Waals surface area contributed by atoms with E-state index in [1.54, 1.807) is 24.3 Å². The van der Waals surface area contributed by atoms with Gasteiger partial charge in [-0.25, -0.2) is 8.78 Å². The number of ether oxygens (including phenoxy) is 1. The van der Waals surface area contributed by atoms with Gasteiger partial charge in [-0.2, -0.15) is 0 Å². The van der Waals surface area contributed by atoms with Gasteiger partial charge in [0.25, 0.3) is 6.43 Å². The summed E-state index contributed by atoms with van der Waals surface area (Å²) in [5.74, 6) is -0.00172. The number of benzene rings is 1. The largest absolute Gasteiger partial charge is 0.376 e. The summed E-state index contributed by atoms with van der Waals surface area (Å²) in [7, 11) is 0. The Labute approximate surface area is 107 Å². The second-order valence-corrected chi connectivity index (χ2v) is 4.42. The number of halogens is 3. The maximum atomic E-state index is 11.7. The lowest BCUT2D eigenvalue weighted by molar-refractivity contribution is 0.0164. The molecule has 94 valence electrons. The summed E-state index contributed by atoms with van der Waals surface area (Å²) in [5, 5.41) is 0. The molecule has 1 rings (SSSR count). The maximum absolute atomic E-state index is 11.7. The first kappa shape index (κ1) is 14.3. The molecule has 0 unspecified atom stereocenters.